The third kappa shape index (κ3) is 2.05. The van der Waals surface area contributed by atoms with Crippen LogP contribution in [-0.2, 0) is 4.74 Å². The average molecular weight is 216 g/mol. The van der Waals surface area contributed by atoms with Gasteiger partial charge in [-0.25, -0.2) is 0 Å². The number of hydrogen-bond donors (Lipinski definition) is 0. The summed E-state index contributed by atoms with van der Waals surface area (Å²) in [5.41, 5.74) is 1.97. The molecule has 1 saturated heterocycles. The van der Waals surface area contributed by atoms with Crippen LogP contribution in [0.15, 0.2) is 18.2 Å². The van der Waals surface area contributed by atoms with Crippen LogP contribution in [0.5, 0.6) is 0 Å². The second-order valence-electron chi connectivity index (χ2n) is 3.61. The Kier molecular flexibility index (Phi) is 3.18. The molecule has 1 heterocycles. The largest absolute Gasteiger partial charge is 0.378 e. The SMILES string of the molecule is N#Cc1cc(C=O)ccc1N1CCOCC1. The molecule has 4 heteroatoms. The van der Waals surface area contributed by atoms with Crippen molar-refractivity contribution in [3.63, 3.8) is 0 Å². The molecule has 0 unspecified atom stereocenters. The third-order valence-electron chi connectivity index (χ3n) is 2.63. The predicted octanol–water partition coefficient (Wildman–Crippen LogP) is 1.21. The fourth-order valence-corrected chi connectivity index (χ4v) is 1.80. The van der Waals surface area contributed by atoms with Gasteiger partial charge in [0.1, 0.15) is 12.4 Å². The Hall–Kier alpha value is -1.86. The van der Waals surface area contributed by atoms with Gasteiger partial charge in [-0.2, -0.15) is 5.26 Å². The van der Waals surface area contributed by atoms with Crippen molar-refractivity contribution in [2.75, 3.05) is 31.2 Å². The minimum atomic E-state index is 0.536. The van der Waals surface area contributed by atoms with Gasteiger partial charge in [-0.15, -0.1) is 0 Å². The molecule has 0 spiro atoms. The Balaban J connectivity index is 2.32. The van der Waals surface area contributed by atoms with Crippen molar-refractivity contribution in [1.82, 2.24) is 0 Å². The Morgan fingerprint density at radius 2 is 2.12 bits per heavy atom. The molecule has 0 amide bonds. The zero-order valence-corrected chi connectivity index (χ0v) is 8.85. The van der Waals surface area contributed by atoms with Crippen molar-refractivity contribution in [1.29, 1.82) is 5.26 Å². The predicted molar refractivity (Wildman–Crippen MR) is 59.6 cm³/mol. The summed E-state index contributed by atoms with van der Waals surface area (Å²) in [6.07, 6.45) is 0.754. The van der Waals surface area contributed by atoms with Gasteiger partial charge in [0.15, 0.2) is 0 Å². The number of nitriles is 1. The number of aldehydes is 1. The summed E-state index contributed by atoms with van der Waals surface area (Å²) < 4.78 is 5.26. The zero-order valence-electron chi connectivity index (χ0n) is 8.85. The number of rotatable bonds is 2. The lowest BCUT2D eigenvalue weighted by molar-refractivity contribution is 0.112. The van der Waals surface area contributed by atoms with Gasteiger partial charge in [-0.05, 0) is 18.2 Å². The van der Waals surface area contributed by atoms with Crippen LogP contribution in [0.1, 0.15) is 15.9 Å². The highest BCUT2D eigenvalue weighted by Crippen LogP contribution is 2.21. The first-order valence-corrected chi connectivity index (χ1v) is 5.17. The Morgan fingerprint density at radius 3 is 2.75 bits per heavy atom. The second-order valence-corrected chi connectivity index (χ2v) is 3.61. The van der Waals surface area contributed by atoms with Crippen molar-refractivity contribution in [3.05, 3.63) is 29.3 Å². The van der Waals surface area contributed by atoms with Crippen molar-refractivity contribution >= 4 is 12.0 Å². The Morgan fingerprint density at radius 1 is 1.38 bits per heavy atom. The molecule has 1 aliphatic rings. The van der Waals surface area contributed by atoms with Gasteiger partial charge in [0.2, 0.25) is 0 Å². The minimum Gasteiger partial charge on any atom is -0.378 e. The van der Waals surface area contributed by atoms with E-state index in [0.29, 0.717) is 24.3 Å². The summed E-state index contributed by atoms with van der Waals surface area (Å²) in [6.45, 7) is 2.94. The van der Waals surface area contributed by atoms with Gasteiger partial charge in [0.05, 0.1) is 24.5 Å². The number of nitrogens with zero attached hydrogens (tertiary/aromatic N) is 2. The molecule has 0 atom stereocenters. The molecule has 82 valence electrons. The molecular weight excluding hydrogens is 204 g/mol. The first-order valence-electron chi connectivity index (χ1n) is 5.17. The lowest BCUT2D eigenvalue weighted by Crippen LogP contribution is -2.36. The van der Waals surface area contributed by atoms with Gasteiger partial charge in [0.25, 0.3) is 0 Å². The van der Waals surface area contributed by atoms with Crippen molar-refractivity contribution in [3.8, 4) is 6.07 Å². The van der Waals surface area contributed by atoms with E-state index in [-0.39, 0.29) is 0 Å². The van der Waals surface area contributed by atoms with Gasteiger partial charge in [-0.1, -0.05) is 0 Å². The monoisotopic (exact) mass is 216 g/mol. The summed E-state index contributed by atoms with van der Waals surface area (Å²) in [6, 6.07) is 7.31. The molecule has 1 fully saturated rings. The highest BCUT2D eigenvalue weighted by Gasteiger charge is 2.14. The van der Waals surface area contributed by atoms with Crippen molar-refractivity contribution < 1.29 is 9.53 Å². The van der Waals surface area contributed by atoms with Gasteiger partial charge >= 0.3 is 0 Å². The molecule has 0 aliphatic carbocycles. The van der Waals surface area contributed by atoms with Crippen LogP contribution in [0, 0.1) is 11.3 Å². The normalized spacial score (nSPS) is 15.6. The van der Waals surface area contributed by atoms with Gasteiger partial charge in [0, 0.05) is 18.7 Å². The van der Waals surface area contributed by atoms with Crippen LogP contribution >= 0.6 is 0 Å². The van der Waals surface area contributed by atoms with E-state index in [1.807, 2.05) is 6.07 Å². The van der Waals surface area contributed by atoms with E-state index < -0.39 is 0 Å². The highest BCUT2D eigenvalue weighted by molar-refractivity contribution is 5.78. The van der Waals surface area contributed by atoms with Crippen LogP contribution < -0.4 is 4.90 Å². The van der Waals surface area contributed by atoms with Crippen LogP contribution in [0.2, 0.25) is 0 Å². The van der Waals surface area contributed by atoms with Crippen LogP contribution in [-0.4, -0.2) is 32.6 Å². The lowest BCUT2D eigenvalue weighted by Gasteiger charge is -2.29. The molecule has 16 heavy (non-hydrogen) atoms. The maximum absolute atomic E-state index is 10.6. The van der Waals surface area contributed by atoms with E-state index in [9.17, 15) is 4.79 Å². The summed E-state index contributed by atoms with van der Waals surface area (Å²) >= 11 is 0. The average Bonchev–Trinajstić information content (AvgIpc) is 2.39. The van der Waals surface area contributed by atoms with E-state index in [1.165, 1.54) is 0 Å². The number of benzene rings is 1. The summed E-state index contributed by atoms with van der Waals surface area (Å²) in [5.74, 6) is 0. The molecule has 1 aromatic rings. The van der Waals surface area contributed by atoms with Crippen LogP contribution in [0.3, 0.4) is 0 Å². The highest BCUT2D eigenvalue weighted by atomic mass is 16.5. The first-order chi connectivity index (χ1) is 7.85. The Labute approximate surface area is 94.0 Å². The molecule has 2 rings (SSSR count). The van der Waals surface area contributed by atoms with E-state index in [1.54, 1.807) is 12.1 Å². The molecule has 0 saturated carbocycles. The number of ether oxygens (including phenoxy) is 1. The second kappa shape index (κ2) is 4.77. The standard InChI is InChI=1S/C12H12N2O2/c13-8-11-7-10(9-15)1-2-12(11)14-3-5-16-6-4-14/h1-2,7,9H,3-6H2. The quantitative estimate of drug-likeness (QED) is 0.697. The maximum atomic E-state index is 10.6. The number of carbonyl (C=O) groups is 1. The summed E-state index contributed by atoms with van der Waals surface area (Å²) in [7, 11) is 0. The van der Waals surface area contributed by atoms with Crippen LogP contribution in [0.25, 0.3) is 0 Å². The summed E-state index contributed by atoms with van der Waals surface area (Å²) in [4.78, 5) is 12.7. The molecule has 0 radical (unpaired) electrons. The topological polar surface area (TPSA) is 53.3 Å². The number of morpholine rings is 1. The van der Waals surface area contributed by atoms with E-state index in [4.69, 9.17) is 10.00 Å². The van der Waals surface area contributed by atoms with Crippen molar-refractivity contribution in [2.24, 2.45) is 0 Å². The number of anilines is 1. The number of carbonyl (C=O) groups excluding carboxylic acids is 1. The fourth-order valence-electron chi connectivity index (χ4n) is 1.80. The molecule has 0 N–H and O–H groups in total. The smallest absolute Gasteiger partial charge is 0.150 e. The van der Waals surface area contributed by atoms with Gasteiger partial charge in [-0.3, -0.25) is 4.79 Å². The zero-order chi connectivity index (χ0) is 11.4. The molecule has 4 nitrogen and oxygen atoms in total. The molecule has 1 aliphatic heterocycles. The molecule has 0 aromatic heterocycles. The van der Waals surface area contributed by atoms with E-state index in [2.05, 4.69) is 11.0 Å². The lowest BCUT2D eigenvalue weighted by atomic mass is 10.1. The molecular formula is C12H12N2O2. The first kappa shape index (κ1) is 10.7. The van der Waals surface area contributed by atoms with Gasteiger partial charge < -0.3 is 9.64 Å². The minimum absolute atomic E-state index is 0.536. The maximum Gasteiger partial charge on any atom is 0.150 e. The Bertz CT molecular complexity index is 431. The summed E-state index contributed by atoms with van der Waals surface area (Å²) in [5, 5.41) is 9.05. The van der Waals surface area contributed by atoms with E-state index in [0.717, 1.165) is 25.1 Å². The van der Waals surface area contributed by atoms with Crippen molar-refractivity contribution in [2.45, 2.75) is 0 Å². The molecule has 0 bridgehead atoms. The third-order valence-corrected chi connectivity index (χ3v) is 2.63. The fraction of sp³-hybridized carbons (Fsp3) is 0.333. The van der Waals surface area contributed by atoms with E-state index >= 15 is 0 Å². The number of hydrogen-bond acceptors (Lipinski definition) is 4. The van der Waals surface area contributed by atoms with Crippen LogP contribution in [0.4, 0.5) is 5.69 Å². The molecule has 1 aromatic carbocycles.